The third-order valence-corrected chi connectivity index (χ3v) is 4.84. The second-order valence-electron chi connectivity index (χ2n) is 5.38. The zero-order valence-corrected chi connectivity index (χ0v) is 12.3. The SMILES string of the molecule is CC1(C)CC=C2C1=C(I)c1ccc([N+](=O)[O-])cc12. The van der Waals surface area contributed by atoms with Gasteiger partial charge in [0.15, 0.2) is 0 Å². The van der Waals surface area contributed by atoms with E-state index >= 15 is 0 Å². The van der Waals surface area contributed by atoms with Crippen LogP contribution < -0.4 is 0 Å². The van der Waals surface area contributed by atoms with Crippen LogP contribution in [0.1, 0.15) is 31.4 Å². The molecular formula is C14H12INO2. The molecule has 0 unspecified atom stereocenters. The number of nitro benzene ring substituents is 1. The minimum atomic E-state index is -0.328. The molecule has 0 heterocycles. The summed E-state index contributed by atoms with van der Waals surface area (Å²) in [4.78, 5) is 10.5. The smallest absolute Gasteiger partial charge is 0.258 e. The maximum Gasteiger partial charge on any atom is 0.270 e. The zero-order chi connectivity index (χ0) is 13.1. The second-order valence-corrected chi connectivity index (χ2v) is 6.46. The summed E-state index contributed by atoms with van der Waals surface area (Å²) in [7, 11) is 0. The lowest BCUT2D eigenvalue weighted by molar-refractivity contribution is -0.384. The summed E-state index contributed by atoms with van der Waals surface area (Å²) in [6.07, 6.45) is 3.22. The highest BCUT2D eigenvalue weighted by molar-refractivity contribution is 14.1. The van der Waals surface area contributed by atoms with Gasteiger partial charge in [-0.2, -0.15) is 0 Å². The molecule has 0 N–H and O–H groups in total. The summed E-state index contributed by atoms with van der Waals surface area (Å²) in [5.41, 5.74) is 5.01. The molecule has 0 amide bonds. The van der Waals surface area contributed by atoms with E-state index in [1.807, 2.05) is 6.07 Å². The van der Waals surface area contributed by atoms with Gasteiger partial charge >= 0.3 is 0 Å². The molecular weight excluding hydrogens is 341 g/mol. The number of halogens is 1. The summed E-state index contributed by atoms with van der Waals surface area (Å²) in [5, 5.41) is 10.9. The molecule has 1 aromatic carbocycles. The van der Waals surface area contributed by atoms with Gasteiger partial charge in [0.25, 0.3) is 5.69 Å². The van der Waals surface area contributed by atoms with Crippen molar-refractivity contribution in [1.29, 1.82) is 0 Å². The molecule has 0 atom stereocenters. The molecule has 0 spiro atoms. The topological polar surface area (TPSA) is 43.1 Å². The Bertz CT molecular complexity index is 641. The van der Waals surface area contributed by atoms with Crippen LogP contribution in [-0.4, -0.2) is 4.92 Å². The lowest BCUT2D eigenvalue weighted by Crippen LogP contribution is -2.08. The third-order valence-electron chi connectivity index (χ3n) is 3.72. The first-order valence-corrected chi connectivity index (χ1v) is 6.89. The highest BCUT2D eigenvalue weighted by Gasteiger charge is 2.39. The van der Waals surface area contributed by atoms with Crippen LogP contribution in [0, 0.1) is 15.5 Å². The van der Waals surface area contributed by atoms with Crippen LogP contribution >= 0.6 is 22.6 Å². The summed E-state index contributed by atoms with van der Waals surface area (Å²) in [6.45, 7) is 4.45. The largest absolute Gasteiger partial charge is 0.270 e. The Labute approximate surface area is 119 Å². The zero-order valence-electron chi connectivity index (χ0n) is 10.2. The number of benzene rings is 1. The fraction of sp³-hybridized carbons (Fsp3) is 0.286. The van der Waals surface area contributed by atoms with Crippen LogP contribution in [0.3, 0.4) is 0 Å². The van der Waals surface area contributed by atoms with E-state index in [4.69, 9.17) is 0 Å². The third kappa shape index (κ3) is 1.48. The summed E-state index contributed by atoms with van der Waals surface area (Å²) in [5.74, 6) is 0. The number of hydrogen-bond acceptors (Lipinski definition) is 2. The number of rotatable bonds is 1. The van der Waals surface area contributed by atoms with Gasteiger partial charge in [-0.25, -0.2) is 0 Å². The van der Waals surface area contributed by atoms with Crippen LogP contribution in [-0.2, 0) is 0 Å². The number of non-ortho nitro benzene ring substituents is 1. The average Bonchev–Trinajstić information content (AvgIpc) is 2.77. The van der Waals surface area contributed by atoms with Crippen molar-refractivity contribution in [2.75, 3.05) is 0 Å². The molecule has 1 aromatic rings. The van der Waals surface area contributed by atoms with Crippen LogP contribution in [0.2, 0.25) is 0 Å². The van der Waals surface area contributed by atoms with Crippen LogP contribution in [0.15, 0.2) is 29.8 Å². The molecule has 0 aromatic heterocycles. The monoisotopic (exact) mass is 353 g/mol. The number of allylic oxidation sites excluding steroid dienone is 3. The molecule has 0 radical (unpaired) electrons. The minimum absolute atomic E-state index is 0.139. The van der Waals surface area contributed by atoms with Crippen molar-refractivity contribution in [3.8, 4) is 0 Å². The Morgan fingerprint density at radius 3 is 2.72 bits per heavy atom. The summed E-state index contributed by atoms with van der Waals surface area (Å²) in [6, 6.07) is 5.17. The molecule has 0 bridgehead atoms. The van der Waals surface area contributed by atoms with Gasteiger partial charge < -0.3 is 0 Å². The number of nitrogens with zero attached hydrogens (tertiary/aromatic N) is 1. The van der Waals surface area contributed by atoms with Crippen LogP contribution in [0.25, 0.3) is 9.15 Å². The van der Waals surface area contributed by atoms with Crippen molar-refractivity contribution >= 4 is 37.4 Å². The Kier molecular flexibility index (Phi) is 2.42. The molecule has 2 aliphatic carbocycles. The van der Waals surface area contributed by atoms with Crippen LogP contribution in [0.5, 0.6) is 0 Å². The van der Waals surface area contributed by atoms with Gasteiger partial charge in [-0.15, -0.1) is 0 Å². The summed E-state index contributed by atoms with van der Waals surface area (Å²) >= 11 is 2.36. The first kappa shape index (κ1) is 11.9. The maximum atomic E-state index is 10.9. The molecule has 0 saturated heterocycles. The Morgan fingerprint density at radius 2 is 2.06 bits per heavy atom. The van der Waals surface area contributed by atoms with E-state index in [0.717, 1.165) is 17.5 Å². The number of hydrogen-bond donors (Lipinski definition) is 0. The van der Waals surface area contributed by atoms with Crippen molar-refractivity contribution in [2.45, 2.75) is 20.3 Å². The van der Waals surface area contributed by atoms with Crippen molar-refractivity contribution in [2.24, 2.45) is 5.41 Å². The van der Waals surface area contributed by atoms with Crippen molar-refractivity contribution in [3.63, 3.8) is 0 Å². The Balaban J connectivity index is 2.22. The predicted octanol–water partition coefficient (Wildman–Crippen LogP) is 4.57. The molecule has 18 heavy (non-hydrogen) atoms. The molecule has 4 heteroatoms. The lowest BCUT2D eigenvalue weighted by Gasteiger charge is -2.20. The van der Waals surface area contributed by atoms with E-state index in [2.05, 4.69) is 42.5 Å². The quantitative estimate of drug-likeness (QED) is 0.422. The van der Waals surface area contributed by atoms with E-state index in [1.165, 1.54) is 14.7 Å². The molecule has 0 saturated carbocycles. The molecule has 0 fully saturated rings. The van der Waals surface area contributed by atoms with Gasteiger partial charge in [-0.1, -0.05) is 19.9 Å². The maximum absolute atomic E-state index is 10.9. The minimum Gasteiger partial charge on any atom is -0.258 e. The van der Waals surface area contributed by atoms with Crippen LogP contribution in [0.4, 0.5) is 5.69 Å². The second kappa shape index (κ2) is 3.66. The number of nitro groups is 1. The van der Waals surface area contributed by atoms with E-state index in [1.54, 1.807) is 12.1 Å². The summed E-state index contributed by atoms with van der Waals surface area (Å²) < 4.78 is 1.24. The van der Waals surface area contributed by atoms with E-state index in [9.17, 15) is 10.1 Å². The van der Waals surface area contributed by atoms with E-state index in [-0.39, 0.29) is 16.0 Å². The van der Waals surface area contributed by atoms with Crippen molar-refractivity contribution in [3.05, 3.63) is 51.1 Å². The standard InChI is InChI=1S/C14H12INO2/c1-14(2)6-5-9-11-7-8(16(17)18)3-4-10(11)13(15)12(9)14/h3-5,7H,6H2,1-2H3. The van der Waals surface area contributed by atoms with Gasteiger partial charge in [-0.05, 0) is 62.8 Å². The first-order valence-electron chi connectivity index (χ1n) is 5.82. The highest BCUT2D eigenvalue weighted by atomic mass is 127. The molecule has 92 valence electrons. The van der Waals surface area contributed by atoms with Gasteiger partial charge in [0, 0.05) is 15.7 Å². The molecule has 2 aliphatic rings. The average molecular weight is 353 g/mol. The first-order chi connectivity index (χ1) is 8.42. The predicted molar refractivity (Wildman–Crippen MR) is 80.4 cm³/mol. The Morgan fingerprint density at radius 1 is 1.33 bits per heavy atom. The van der Waals surface area contributed by atoms with Crippen molar-refractivity contribution in [1.82, 2.24) is 0 Å². The fourth-order valence-electron chi connectivity index (χ4n) is 2.78. The Hall–Kier alpha value is -1.17. The highest BCUT2D eigenvalue weighted by Crippen LogP contribution is 2.57. The van der Waals surface area contributed by atoms with Gasteiger partial charge in [0.2, 0.25) is 0 Å². The van der Waals surface area contributed by atoms with Gasteiger partial charge in [0.05, 0.1) is 4.92 Å². The van der Waals surface area contributed by atoms with E-state index in [0.29, 0.717) is 0 Å². The van der Waals surface area contributed by atoms with Crippen molar-refractivity contribution < 1.29 is 4.92 Å². The van der Waals surface area contributed by atoms with Gasteiger partial charge in [-0.3, -0.25) is 10.1 Å². The lowest BCUT2D eigenvalue weighted by atomic mass is 9.85. The molecule has 3 rings (SSSR count). The molecule has 3 nitrogen and oxygen atoms in total. The number of fused-ring (bicyclic) bond motifs is 3. The van der Waals surface area contributed by atoms with Gasteiger partial charge in [0.1, 0.15) is 0 Å². The normalized spacial score (nSPS) is 19.6. The van der Waals surface area contributed by atoms with E-state index < -0.39 is 0 Å². The fourth-order valence-corrected chi connectivity index (χ4v) is 4.27. The molecule has 0 aliphatic heterocycles.